The summed E-state index contributed by atoms with van der Waals surface area (Å²) in [5, 5.41) is 11.4. The molecule has 4 saturated carbocycles. The molecule has 4 aliphatic rings. The van der Waals surface area contributed by atoms with Gasteiger partial charge >= 0.3 is 5.97 Å². The summed E-state index contributed by atoms with van der Waals surface area (Å²) in [6.07, 6.45) is 7.06. The fraction of sp³-hybridized carbons (Fsp3) is 0.923. The van der Waals surface area contributed by atoms with Crippen molar-refractivity contribution in [3.05, 3.63) is 0 Å². The topological polar surface area (TPSA) is 65.0 Å². The van der Waals surface area contributed by atoms with E-state index < -0.39 is 0 Å². The molecule has 1 N–H and O–H groups in total. The Morgan fingerprint density at radius 1 is 1.16 bits per heavy atom. The zero-order valence-electron chi connectivity index (χ0n) is 10.9. The predicted octanol–water partition coefficient (Wildman–Crippen LogP) is 2.82. The van der Waals surface area contributed by atoms with E-state index in [0.29, 0.717) is 12.4 Å². The molecule has 0 aliphatic heterocycles. The Kier molecular flexibility index (Phi) is 4.03. The van der Waals surface area contributed by atoms with Gasteiger partial charge in [-0.05, 0) is 56.3 Å². The van der Waals surface area contributed by atoms with Crippen molar-refractivity contribution in [2.24, 2.45) is 23.2 Å². The van der Waals surface area contributed by atoms with E-state index in [0.717, 1.165) is 49.1 Å². The molecule has 0 radical (unpaired) electrons. The van der Waals surface area contributed by atoms with E-state index in [-0.39, 0.29) is 11.4 Å². The summed E-state index contributed by atoms with van der Waals surface area (Å²) in [5.41, 5.74) is -0.187. The number of ether oxygens (including phenoxy) is 1. The molecule has 4 fully saturated rings. The predicted molar refractivity (Wildman–Crippen MR) is 68.8 cm³/mol. The molecule has 6 heteroatoms. The van der Waals surface area contributed by atoms with Gasteiger partial charge in [-0.3, -0.25) is 4.79 Å². The van der Waals surface area contributed by atoms with Gasteiger partial charge in [0.1, 0.15) is 6.61 Å². The van der Waals surface area contributed by atoms with Crippen LogP contribution in [0.5, 0.6) is 0 Å². The molecule has 0 amide bonds. The summed E-state index contributed by atoms with van der Waals surface area (Å²) in [4.78, 5) is 12.4. The van der Waals surface area contributed by atoms with Crippen LogP contribution >= 0.6 is 12.0 Å². The van der Waals surface area contributed by atoms with Gasteiger partial charge in [-0.25, -0.2) is 5.26 Å². The molecule has 19 heavy (non-hydrogen) atoms. The molecule has 0 aromatic rings. The number of esters is 1. The minimum atomic E-state index is -0.187. The maximum atomic E-state index is 12.4. The van der Waals surface area contributed by atoms with E-state index >= 15 is 0 Å². The van der Waals surface area contributed by atoms with Gasteiger partial charge in [0.05, 0.1) is 11.2 Å². The number of carbonyl (C=O) groups is 1. The summed E-state index contributed by atoms with van der Waals surface area (Å²) in [5.74, 6) is 2.69. The van der Waals surface area contributed by atoms with Crippen LogP contribution in [-0.4, -0.2) is 23.6 Å². The first-order valence-electron chi connectivity index (χ1n) is 6.99. The third-order valence-corrected chi connectivity index (χ3v) is 5.44. The maximum absolute atomic E-state index is 12.4. The van der Waals surface area contributed by atoms with Crippen LogP contribution in [0.2, 0.25) is 0 Å². The van der Waals surface area contributed by atoms with Gasteiger partial charge in [0.25, 0.3) is 0 Å². The van der Waals surface area contributed by atoms with E-state index in [1.54, 1.807) is 0 Å². The van der Waals surface area contributed by atoms with E-state index in [4.69, 9.17) is 9.99 Å². The van der Waals surface area contributed by atoms with E-state index in [1.807, 2.05) is 0 Å². The Morgan fingerprint density at radius 3 is 2.26 bits per heavy atom. The van der Waals surface area contributed by atoms with E-state index in [2.05, 4.69) is 9.37 Å². The van der Waals surface area contributed by atoms with Crippen molar-refractivity contribution in [2.45, 2.75) is 38.5 Å². The standard InChI is InChI=1S/C13H20O5S/c14-12(16-1-2-19-18-17-15)13-6-9-3-10(7-13)5-11(4-9)8-13/h9-11,15H,1-8H2. The average Bonchev–Trinajstić information content (AvgIpc) is 2.36. The molecule has 0 spiro atoms. The van der Waals surface area contributed by atoms with Gasteiger partial charge in [-0.1, -0.05) is 5.04 Å². The molecule has 108 valence electrons. The SMILES string of the molecule is O=C(OCCSOOO)C12CC3CC(CC(C3)C1)C2. The molecular formula is C13H20O5S. The second-order valence-electron chi connectivity index (χ2n) is 6.30. The highest BCUT2D eigenvalue weighted by Gasteiger charge is 2.55. The number of hydrogen-bond acceptors (Lipinski definition) is 6. The van der Waals surface area contributed by atoms with Crippen LogP contribution in [-0.2, 0) is 18.9 Å². The van der Waals surface area contributed by atoms with Crippen molar-refractivity contribution >= 4 is 18.0 Å². The Labute approximate surface area is 117 Å². The first-order chi connectivity index (χ1) is 9.22. The molecule has 0 unspecified atom stereocenters. The normalized spacial score (nSPS) is 39.5. The van der Waals surface area contributed by atoms with Crippen LogP contribution in [0.1, 0.15) is 38.5 Å². The summed E-state index contributed by atoms with van der Waals surface area (Å²) in [6.45, 7) is 0.300. The largest absolute Gasteiger partial charge is 0.464 e. The lowest BCUT2D eigenvalue weighted by atomic mass is 9.49. The molecule has 0 aromatic heterocycles. The molecule has 5 nitrogen and oxygen atoms in total. The van der Waals surface area contributed by atoms with E-state index in [9.17, 15) is 4.79 Å². The molecule has 0 aromatic carbocycles. The average molecular weight is 288 g/mol. The van der Waals surface area contributed by atoms with Gasteiger partial charge in [-0.15, -0.1) is 4.33 Å². The second-order valence-corrected chi connectivity index (χ2v) is 7.08. The first-order valence-corrected chi connectivity index (χ1v) is 7.90. The maximum Gasteiger partial charge on any atom is 0.312 e. The molecule has 0 heterocycles. The zero-order chi connectivity index (χ0) is 13.3. The Hall–Kier alpha value is -0.300. The van der Waals surface area contributed by atoms with Crippen LogP contribution in [0.15, 0.2) is 0 Å². The fourth-order valence-electron chi connectivity index (χ4n) is 4.74. The van der Waals surface area contributed by atoms with Crippen molar-refractivity contribution in [2.75, 3.05) is 12.4 Å². The van der Waals surface area contributed by atoms with Crippen LogP contribution in [0, 0.1) is 23.2 Å². The highest BCUT2D eigenvalue weighted by molar-refractivity contribution is 7.94. The molecule has 4 aliphatic carbocycles. The number of rotatable bonds is 6. The molecular weight excluding hydrogens is 268 g/mol. The van der Waals surface area contributed by atoms with Gasteiger partial charge in [-0.2, -0.15) is 0 Å². The molecule has 4 bridgehead atoms. The van der Waals surface area contributed by atoms with Crippen molar-refractivity contribution < 1.29 is 24.2 Å². The highest BCUT2D eigenvalue weighted by atomic mass is 32.2. The van der Waals surface area contributed by atoms with Crippen molar-refractivity contribution in [1.29, 1.82) is 0 Å². The molecule has 0 atom stereocenters. The van der Waals surface area contributed by atoms with Crippen LogP contribution < -0.4 is 0 Å². The number of hydrogen-bond donors (Lipinski definition) is 1. The summed E-state index contributed by atoms with van der Waals surface area (Å²) in [6, 6.07) is 0. The van der Waals surface area contributed by atoms with Crippen molar-refractivity contribution in [1.82, 2.24) is 0 Å². The Morgan fingerprint density at radius 2 is 1.74 bits per heavy atom. The minimum Gasteiger partial charge on any atom is -0.464 e. The smallest absolute Gasteiger partial charge is 0.312 e. The van der Waals surface area contributed by atoms with Gasteiger partial charge in [0.2, 0.25) is 0 Å². The monoisotopic (exact) mass is 288 g/mol. The van der Waals surface area contributed by atoms with Crippen molar-refractivity contribution in [3.8, 4) is 0 Å². The first kappa shape index (κ1) is 13.7. The molecule has 0 saturated heterocycles. The number of carbonyl (C=O) groups excluding carboxylic acids is 1. The lowest BCUT2D eigenvalue weighted by molar-refractivity contribution is -0.432. The van der Waals surface area contributed by atoms with Crippen LogP contribution in [0.4, 0.5) is 0 Å². The third kappa shape index (κ3) is 2.77. The summed E-state index contributed by atoms with van der Waals surface area (Å²) >= 11 is 0.923. The quantitative estimate of drug-likeness (QED) is 0.266. The van der Waals surface area contributed by atoms with Gasteiger partial charge in [0.15, 0.2) is 0 Å². The summed E-state index contributed by atoms with van der Waals surface area (Å²) in [7, 11) is 0. The minimum absolute atomic E-state index is 0.0166. The van der Waals surface area contributed by atoms with E-state index in [1.165, 1.54) is 19.3 Å². The van der Waals surface area contributed by atoms with Gasteiger partial charge < -0.3 is 4.74 Å². The van der Waals surface area contributed by atoms with Crippen LogP contribution in [0.3, 0.4) is 0 Å². The zero-order valence-corrected chi connectivity index (χ0v) is 11.7. The Balaban J connectivity index is 1.52. The van der Waals surface area contributed by atoms with Gasteiger partial charge in [0, 0.05) is 12.0 Å². The highest BCUT2D eigenvalue weighted by Crippen LogP contribution is 2.60. The third-order valence-electron chi connectivity index (χ3n) is 4.95. The lowest BCUT2D eigenvalue weighted by Crippen LogP contribution is -2.50. The molecule has 4 rings (SSSR count). The van der Waals surface area contributed by atoms with Crippen LogP contribution in [0.25, 0.3) is 0 Å². The fourth-order valence-corrected chi connectivity index (χ4v) is 5.00. The lowest BCUT2D eigenvalue weighted by Gasteiger charge is -2.55. The summed E-state index contributed by atoms with van der Waals surface area (Å²) < 4.78 is 9.64. The second kappa shape index (κ2) is 5.60. The van der Waals surface area contributed by atoms with Crippen molar-refractivity contribution in [3.63, 3.8) is 0 Å². The Bertz CT molecular complexity index is 311.